The van der Waals surface area contributed by atoms with Crippen LogP contribution in [0.4, 0.5) is 13.2 Å². The van der Waals surface area contributed by atoms with Crippen molar-refractivity contribution in [1.82, 2.24) is 9.20 Å². The first kappa shape index (κ1) is 14.2. The number of fused-ring (bicyclic) bond motifs is 1. The van der Waals surface area contributed by atoms with Crippen LogP contribution in [0.5, 0.6) is 5.75 Å². The Labute approximate surface area is 122 Å². The molecule has 0 bridgehead atoms. The highest BCUT2D eigenvalue weighted by molar-refractivity contribution is 5.58. The van der Waals surface area contributed by atoms with Gasteiger partial charge in [-0.05, 0) is 29.8 Å². The molecule has 7 heteroatoms. The van der Waals surface area contributed by atoms with Gasteiger partial charge in [0.1, 0.15) is 11.3 Å². The van der Waals surface area contributed by atoms with Crippen LogP contribution in [0.1, 0.15) is 11.1 Å². The van der Waals surface area contributed by atoms with E-state index < -0.39 is 17.3 Å². The molecule has 114 valence electrons. The second kappa shape index (κ2) is 4.94. The van der Waals surface area contributed by atoms with E-state index in [0.29, 0.717) is 11.1 Å². The molecule has 1 N–H and O–H groups in total. The van der Waals surface area contributed by atoms with Gasteiger partial charge in [-0.3, -0.25) is 9.31 Å². The van der Waals surface area contributed by atoms with E-state index in [-0.39, 0.29) is 12.3 Å². The Kier molecular flexibility index (Phi) is 3.20. The first-order chi connectivity index (χ1) is 10.4. The molecular weight excluding hydrogens is 297 g/mol. The molecule has 1 aromatic carbocycles. The lowest BCUT2D eigenvalue weighted by Gasteiger charge is -2.12. The lowest BCUT2D eigenvalue weighted by molar-refractivity contribution is -0.137. The molecule has 0 saturated heterocycles. The van der Waals surface area contributed by atoms with Crippen molar-refractivity contribution < 1.29 is 18.3 Å². The van der Waals surface area contributed by atoms with Gasteiger partial charge in [-0.15, -0.1) is 0 Å². The third-order valence-electron chi connectivity index (χ3n) is 3.35. The Morgan fingerprint density at radius 3 is 2.59 bits per heavy atom. The summed E-state index contributed by atoms with van der Waals surface area (Å²) >= 11 is 0. The highest BCUT2D eigenvalue weighted by Crippen LogP contribution is 2.29. The molecule has 0 aliphatic heterocycles. The van der Waals surface area contributed by atoms with Gasteiger partial charge in [0.2, 0.25) is 0 Å². The average Bonchev–Trinajstić information content (AvgIpc) is 2.92. The van der Waals surface area contributed by atoms with E-state index in [0.717, 1.165) is 18.2 Å². The van der Waals surface area contributed by atoms with Crippen molar-refractivity contribution in [2.24, 2.45) is 0 Å². The minimum absolute atomic E-state index is 0.0335. The highest BCUT2D eigenvalue weighted by Gasteiger charge is 2.30. The highest BCUT2D eigenvalue weighted by atomic mass is 19.4. The first-order valence-electron chi connectivity index (χ1n) is 6.42. The summed E-state index contributed by atoms with van der Waals surface area (Å²) in [4.78, 5) is 12.0. The molecule has 0 atom stereocenters. The van der Waals surface area contributed by atoms with E-state index in [1.807, 2.05) is 0 Å². The van der Waals surface area contributed by atoms with Crippen LogP contribution in [0.3, 0.4) is 0 Å². The van der Waals surface area contributed by atoms with Gasteiger partial charge in [-0.2, -0.15) is 13.2 Å². The maximum absolute atomic E-state index is 12.7. The minimum atomic E-state index is -4.43. The molecule has 0 aliphatic rings. The zero-order valence-corrected chi connectivity index (χ0v) is 11.2. The predicted octanol–water partition coefficient (Wildman–Crippen LogP) is 2.87. The van der Waals surface area contributed by atoms with Gasteiger partial charge in [0.25, 0.3) is 5.56 Å². The van der Waals surface area contributed by atoms with Crippen LogP contribution >= 0.6 is 0 Å². The van der Waals surface area contributed by atoms with Gasteiger partial charge in [0, 0.05) is 12.3 Å². The van der Waals surface area contributed by atoms with Crippen molar-refractivity contribution in [3.05, 3.63) is 70.1 Å². The van der Waals surface area contributed by atoms with Crippen molar-refractivity contribution in [1.29, 1.82) is 0 Å². The third-order valence-corrected chi connectivity index (χ3v) is 3.35. The number of nitrogens with zero attached hydrogens (tertiary/aromatic N) is 2. The van der Waals surface area contributed by atoms with Crippen LogP contribution in [-0.4, -0.2) is 14.3 Å². The van der Waals surface area contributed by atoms with Crippen molar-refractivity contribution >= 4 is 5.52 Å². The van der Waals surface area contributed by atoms with Crippen LogP contribution < -0.4 is 5.56 Å². The van der Waals surface area contributed by atoms with E-state index in [4.69, 9.17) is 0 Å². The standard InChI is InChI=1S/C15H11F3N2O2/c16-15(17,18)11-4-1-3-10(7-11)9-20-14(22)8-13(21)12-5-2-6-19(12)20/h1-8,21H,9H2. The molecule has 0 saturated carbocycles. The van der Waals surface area contributed by atoms with Gasteiger partial charge < -0.3 is 5.11 Å². The number of aromatic nitrogens is 2. The van der Waals surface area contributed by atoms with Crippen LogP contribution in [0, 0.1) is 0 Å². The topological polar surface area (TPSA) is 46.6 Å². The fraction of sp³-hybridized carbons (Fsp3) is 0.133. The Morgan fingerprint density at radius 1 is 1.09 bits per heavy atom. The van der Waals surface area contributed by atoms with Gasteiger partial charge in [0.05, 0.1) is 12.1 Å². The maximum atomic E-state index is 12.7. The fourth-order valence-electron chi connectivity index (χ4n) is 2.33. The second-order valence-corrected chi connectivity index (χ2v) is 4.86. The lowest BCUT2D eigenvalue weighted by atomic mass is 10.1. The van der Waals surface area contributed by atoms with E-state index in [1.165, 1.54) is 21.3 Å². The van der Waals surface area contributed by atoms with E-state index in [1.54, 1.807) is 18.3 Å². The molecule has 22 heavy (non-hydrogen) atoms. The molecule has 0 radical (unpaired) electrons. The first-order valence-corrected chi connectivity index (χ1v) is 6.42. The quantitative estimate of drug-likeness (QED) is 0.791. The normalized spacial score (nSPS) is 12.0. The molecule has 4 nitrogen and oxygen atoms in total. The molecule has 0 spiro atoms. The summed E-state index contributed by atoms with van der Waals surface area (Å²) in [6.07, 6.45) is -2.87. The molecule has 0 aliphatic carbocycles. The van der Waals surface area contributed by atoms with Gasteiger partial charge in [0.15, 0.2) is 0 Å². The fourth-order valence-corrected chi connectivity index (χ4v) is 2.33. The van der Waals surface area contributed by atoms with Crippen LogP contribution in [0.25, 0.3) is 5.52 Å². The summed E-state index contributed by atoms with van der Waals surface area (Å²) in [6, 6.07) is 9.10. The van der Waals surface area contributed by atoms with E-state index in [9.17, 15) is 23.1 Å². The largest absolute Gasteiger partial charge is 0.505 e. The number of halogens is 3. The van der Waals surface area contributed by atoms with Gasteiger partial charge in [-0.25, -0.2) is 4.68 Å². The monoisotopic (exact) mass is 308 g/mol. The summed E-state index contributed by atoms with van der Waals surface area (Å²) in [7, 11) is 0. The number of benzene rings is 1. The summed E-state index contributed by atoms with van der Waals surface area (Å²) < 4.78 is 40.9. The maximum Gasteiger partial charge on any atom is 0.416 e. The minimum Gasteiger partial charge on any atom is -0.505 e. The second-order valence-electron chi connectivity index (χ2n) is 4.86. The summed E-state index contributed by atoms with van der Waals surface area (Å²) in [5.41, 5.74) is -0.511. The van der Waals surface area contributed by atoms with Crippen molar-refractivity contribution in [2.75, 3.05) is 0 Å². The number of aromatic hydroxyl groups is 1. The van der Waals surface area contributed by atoms with Gasteiger partial charge in [-0.1, -0.05) is 12.1 Å². The molecule has 0 unspecified atom stereocenters. The number of hydrogen-bond acceptors (Lipinski definition) is 2. The summed E-state index contributed by atoms with van der Waals surface area (Å²) in [5, 5.41) is 9.70. The zero-order valence-electron chi connectivity index (χ0n) is 11.2. The van der Waals surface area contributed by atoms with Gasteiger partial charge >= 0.3 is 6.18 Å². The van der Waals surface area contributed by atoms with Crippen LogP contribution in [-0.2, 0) is 12.7 Å². The Bertz CT molecular complexity index is 894. The summed E-state index contributed by atoms with van der Waals surface area (Å²) in [5.74, 6) is -0.171. The summed E-state index contributed by atoms with van der Waals surface area (Å²) in [6.45, 7) is -0.0335. The molecule has 3 rings (SSSR count). The Morgan fingerprint density at radius 2 is 1.86 bits per heavy atom. The van der Waals surface area contributed by atoms with E-state index >= 15 is 0 Å². The van der Waals surface area contributed by atoms with Crippen LogP contribution in [0.2, 0.25) is 0 Å². The van der Waals surface area contributed by atoms with Crippen LogP contribution in [0.15, 0.2) is 53.5 Å². The predicted molar refractivity (Wildman–Crippen MR) is 73.9 cm³/mol. The molecule has 3 aromatic rings. The lowest BCUT2D eigenvalue weighted by Crippen LogP contribution is -2.25. The SMILES string of the molecule is O=c1cc(O)c2cccn2n1Cc1cccc(C(F)(F)F)c1. The zero-order chi connectivity index (χ0) is 15.9. The number of hydrogen-bond donors (Lipinski definition) is 1. The molecule has 2 aromatic heterocycles. The number of rotatable bonds is 2. The molecule has 2 heterocycles. The third kappa shape index (κ3) is 2.45. The smallest absolute Gasteiger partial charge is 0.416 e. The molecule has 0 fully saturated rings. The molecular formula is C15H11F3N2O2. The van der Waals surface area contributed by atoms with Crippen molar-refractivity contribution in [2.45, 2.75) is 12.7 Å². The van der Waals surface area contributed by atoms with Crippen molar-refractivity contribution in [3.63, 3.8) is 0 Å². The van der Waals surface area contributed by atoms with E-state index in [2.05, 4.69) is 0 Å². The number of alkyl halides is 3. The molecule has 0 amide bonds. The Hall–Kier alpha value is -2.70. The van der Waals surface area contributed by atoms with Crippen molar-refractivity contribution in [3.8, 4) is 5.75 Å². The Balaban J connectivity index is 2.08. The average molecular weight is 308 g/mol.